The number of hydrogen-bond donors (Lipinski definition) is 1. The number of benzene rings is 1. The smallest absolute Gasteiger partial charge is 0.311 e. The molecule has 0 aliphatic rings. The zero-order valence-electron chi connectivity index (χ0n) is 13.6. The van der Waals surface area contributed by atoms with Gasteiger partial charge in [0.25, 0.3) is 0 Å². The summed E-state index contributed by atoms with van der Waals surface area (Å²) >= 11 is 3.09. The monoisotopic (exact) mass is 371 g/mol. The first-order valence-corrected chi connectivity index (χ1v) is 9.58. The number of carbonyl (C=O) groups excluding carboxylic acids is 1. The van der Waals surface area contributed by atoms with Gasteiger partial charge in [-0.25, -0.2) is 4.98 Å². The number of anilines is 1. The molecule has 3 rings (SSSR count). The summed E-state index contributed by atoms with van der Waals surface area (Å²) < 4.78 is 4.91. The summed E-state index contributed by atoms with van der Waals surface area (Å²) in [4.78, 5) is 15.7. The van der Waals surface area contributed by atoms with Crippen LogP contribution in [0.25, 0.3) is 11.1 Å². The van der Waals surface area contributed by atoms with Gasteiger partial charge in [0.15, 0.2) is 0 Å². The van der Waals surface area contributed by atoms with Crippen LogP contribution in [-0.4, -0.2) is 23.8 Å². The zero-order valence-corrected chi connectivity index (χ0v) is 15.3. The molecule has 0 bridgehead atoms. The van der Waals surface area contributed by atoms with E-state index in [4.69, 9.17) is 4.74 Å². The molecule has 0 amide bonds. The Kier molecular flexibility index (Phi) is 5.92. The second-order valence-electron chi connectivity index (χ2n) is 5.13. The maximum Gasteiger partial charge on any atom is 0.311 e. The van der Waals surface area contributed by atoms with Crippen LogP contribution < -0.4 is 5.43 Å². The first-order valence-electron chi connectivity index (χ1n) is 7.76. The molecular weight excluding hydrogens is 354 g/mol. The van der Waals surface area contributed by atoms with Crippen LogP contribution in [0, 0.1) is 0 Å². The SMILES string of the molecule is CCOC(=O)Cc1csc(NN=Cc2ccc(-c3ccsc3)cc2)n1. The number of esters is 1. The van der Waals surface area contributed by atoms with Crippen LogP contribution in [0.15, 0.2) is 51.6 Å². The Bertz CT molecular complexity index is 840. The number of aromatic nitrogens is 1. The molecule has 1 aromatic carbocycles. The number of thiazole rings is 1. The van der Waals surface area contributed by atoms with E-state index in [2.05, 4.69) is 44.5 Å². The van der Waals surface area contributed by atoms with Crippen molar-refractivity contribution in [3.8, 4) is 11.1 Å². The second-order valence-corrected chi connectivity index (χ2v) is 6.77. The topological polar surface area (TPSA) is 63.6 Å². The van der Waals surface area contributed by atoms with Crippen molar-refractivity contribution in [3.05, 3.63) is 57.7 Å². The number of thiophene rings is 1. The fourth-order valence-corrected chi connectivity index (χ4v) is 3.48. The van der Waals surface area contributed by atoms with E-state index in [-0.39, 0.29) is 12.4 Å². The summed E-state index contributed by atoms with van der Waals surface area (Å²) in [5.41, 5.74) is 6.98. The summed E-state index contributed by atoms with van der Waals surface area (Å²) in [5.74, 6) is -0.270. The van der Waals surface area contributed by atoms with E-state index in [0.717, 1.165) is 5.56 Å². The van der Waals surface area contributed by atoms with Crippen molar-refractivity contribution >= 4 is 40.0 Å². The number of nitrogens with zero attached hydrogens (tertiary/aromatic N) is 2. The zero-order chi connectivity index (χ0) is 17.5. The van der Waals surface area contributed by atoms with E-state index in [9.17, 15) is 4.79 Å². The standard InChI is InChI=1S/C18H17N3O2S2/c1-2-23-17(22)9-16-12-25-18(20-16)21-19-10-13-3-5-14(6-4-13)15-7-8-24-11-15/h3-8,10-12H,2,9H2,1H3,(H,20,21). The first kappa shape index (κ1) is 17.3. The number of rotatable bonds is 7. The van der Waals surface area contributed by atoms with Gasteiger partial charge < -0.3 is 4.74 Å². The minimum atomic E-state index is -0.270. The van der Waals surface area contributed by atoms with Gasteiger partial charge in [0.05, 0.1) is 24.9 Å². The summed E-state index contributed by atoms with van der Waals surface area (Å²) in [6.07, 6.45) is 1.92. The Hall–Kier alpha value is -2.51. The third kappa shape index (κ3) is 4.98. The van der Waals surface area contributed by atoms with E-state index in [1.807, 2.05) is 17.5 Å². The van der Waals surface area contributed by atoms with Crippen LogP contribution >= 0.6 is 22.7 Å². The normalized spacial score (nSPS) is 10.9. The summed E-state index contributed by atoms with van der Waals surface area (Å²) in [6.45, 7) is 2.16. The Morgan fingerprint density at radius 1 is 1.24 bits per heavy atom. The molecule has 3 aromatic rings. The van der Waals surface area contributed by atoms with Crippen molar-refractivity contribution < 1.29 is 9.53 Å². The third-order valence-electron chi connectivity index (χ3n) is 3.32. The highest BCUT2D eigenvalue weighted by molar-refractivity contribution is 7.13. The third-order valence-corrected chi connectivity index (χ3v) is 4.80. The van der Waals surface area contributed by atoms with Crippen molar-refractivity contribution in [2.24, 2.45) is 5.10 Å². The van der Waals surface area contributed by atoms with Crippen LogP contribution in [0.1, 0.15) is 18.2 Å². The molecule has 128 valence electrons. The van der Waals surface area contributed by atoms with Crippen LogP contribution in [0.3, 0.4) is 0 Å². The van der Waals surface area contributed by atoms with Gasteiger partial charge in [0.2, 0.25) is 5.13 Å². The maximum absolute atomic E-state index is 11.4. The lowest BCUT2D eigenvalue weighted by molar-refractivity contribution is -0.142. The molecule has 0 atom stereocenters. The quantitative estimate of drug-likeness (QED) is 0.379. The number of hydrogen-bond acceptors (Lipinski definition) is 7. The Balaban J connectivity index is 1.54. The molecule has 2 heterocycles. The molecule has 0 saturated heterocycles. The van der Waals surface area contributed by atoms with Crippen molar-refractivity contribution in [1.29, 1.82) is 0 Å². The predicted octanol–water partition coefficient (Wildman–Crippen LogP) is 4.42. The number of hydrazone groups is 1. The lowest BCUT2D eigenvalue weighted by Gasteiger charge is -1.99. The molecule has 7 heteroatoms. The minimum absolute atomic E-state index is 0.180. The van der Waals surface area contributed by atoms with Gasteiger partial charge in [-0.2, -0.15) is 16.4 Å². The average Bonchev–Trinajstić information content (AvgIpc) is 3.28. The van der Waals surface area contributed by atoms with Crippen LogP contribution in [0.2, 0.25) is 0 Å². The van der Waals surface area contributed by atoms with E-state index >= 15 is 0 Å². The van der Waals surface area contributed by atoms with Gasteiger partial charge in [0, 0.05) is 5.38 Å². The highest BCUT2D eigenvalue weighted by Gasteiger charge is 2.07. The van der Waals surface area contributed by atoms with Gasteiger partial charge >= 0.3 is 5.97 Å². The van der Waals surface area contributed by atoms with E-state index < -0.39 is 0 Å². The minimum Gasteiger partial charge on any atom is -0.466 e. The van der Waals surface area contributed by atoms with Gasteiger partial charge in [0.1, 0.15) is 0 Å². The van der Waals surface area contributed by atoms with Crippen LogP contribution in [-0.2, 0) is 16.0 Å². The Morgan fingerprint density at radius 3 is 2.80 bits per heavy atom. The Labute approximate surface area is 154 Å². The molecule has 0 saturated carbocycles. The molecular formula is C18H17N3O2S2. The maximum atomic E-state index is 11.4. The molecule has 0 aliphatic carbocycles. The van der Waals surface area contributed by atoms with Gasteiger partial charge in [-0.05, 0) is 40.4 Å². The molecule has 0 unspecified atom stereocenters. The molecule has 5 nitrogen and oxygen atoms in total. The Morgan fingerprint density at radius 2 is 2.08 bits per heavy atom. The van der Waals surface area contributed by atoms with Crippen molar-refractivity contribution in [2.45, 2.75) is 13.3 Å². The highest BCUT2D eigenvalue weighted by Crippen LogP contribution is 2.22. The van der Waals surface area contributed by atoms with Crippen molar-refractivity contribution in [1.82, 2.24) is 4.98 Å². The van der Waals surface area contributed by atoms with Crippen LogP contribution in [0.5, 0.6) is 0 Å². The first-order chi connectivity index (χ1) is 12.2. The summed E-state index contributed by atoms with van der Waals surface area (Å²) in [7, 11) is 0. The number of carbonyl (C=O) groups is 1. The molecule has 25 heavy (non-hydrogen) atoms. The van der Waals surface area contributed by atoms with Crippen molar-refractivity contribution in [2.75, 3.05) is 12.0 Å². The van der Waals surface area contributed by atoms with Crippen molar-refractivity contribution in [3.63, 3.8) is 0 Å². The van der Waals surface area contributed by atoms with Crippen LogP contribution in [0.4, 0.5) is 5.13 Å². The lowest BCUT2D eigenvalue weighted by atomic mass is 10.1. The number of nitrogens with one attached hydrogen (secondary N) is 1. The van der Waals surface area contributed by atoms with E-state index in [1.54, 1.807) is 24.5 Å². The lowest BCUT2D eigenvalue weighted by Crippen LogP contribution is -2.07. The predicted molar refractivity (Wildman–Crippen MR) is 103 cm³/mol. The molecule has 0 fully saturated rings. The van der Waals surface area contributed by atoms with E-state index in [1.165, 1.54) is 22.5 Å². The molecule has 0 radical (unpaired) electrons. The fraction of sp³-hybridized carbons (Fsp3) is 0.167. The van der Waals surface area contributed by atoms with Gasteiger partial charge in [-0.1, -0.05) is 24.3 Å². The molecule has 0 aliphatic heterocycles. The average molecular weight is 371 g/mol. The summed E-state index contributed by atoms with van der Waals surface area (Å²) in [5, 5.41) is 10.9. The van der Waals surface area contributed by atoms with Gasteiger partial charge in [-0.3, -0.25) is 10.2 Å². The largest absolute Gasteiger partial charge is 0.466 e. The second kappa shape index (κ2) is 8.55. The van der Waals surface area contributed by atoms with E-state index in [0.29, 0.717) is 17.4 Å². The molecule has 0 spiro atoms. The summed E-state index contributed by atoms with van der Waals surface area (Å²) in [6, 6.07) is 10.3. The fourth-order valence-electron chi connectivity index (χ4n) is 2.15. The molecule has 1 N–H and O–H groups in total. The molecule has 2 aromatic heterocycles. The number of ether oxygens (including phenoxy) is 1. The highest BCUT2D eigenvalue weighted by atomic mass is 32.1. The van der Waals surface area contributed by atoms with Gasteiger partial charge in [-0.15, -0.1) is 11.3 Å².